The molecular weight excluding hydrogens is 326 g/mol. The molecule has 0 bridgehead atoms. The minimum atomic E-state index is 0.144. The van der Waals surface area contributed by atoms with E-state index in [-0.39, 0.29) is 5.91 Å². The van der Waals surface area contributed by atoms with Gasteiger partial charge in [-0.05, 0) is 43.2 Å². The maximum absolute atomic E-state index is 12.6. The van der Waals surface area contributed by atoms with Crippen molar-refractivity contribution in [2.24, 2.45) is 0 Å². The first kappa shape index (κ1) is 18.1. The fraction of sp³-hybridized carbons (Fsp3) is 0.381. The predicted octanol–water partition coefficient (Wildman–Crippen LogP) is 3.07. The second-order valence-corrected chi connectivity index (χ2v) is 6.64. The van der Waals surface area contributed by atoms with E-state index < -0.39 is 0 Å². The molecule has 0 atom stereocenters. The van der Waals surface area contributed by atoms with Crippen LogP contribution in [-0.4, -0.2) is 50.6 Å². The van der Waals surface area contributed by atoms with Crippen LogP contribution in [0.15, 0.2) is 42.5 Å². The van der Waals surface area contributed by atoms with Gasteiger partial charge < -0.3 is 19.9 Å². The Kier molecular flexibility index (Phi) is 5.66. The maximum atomic E-state index is 12.6. The van der Waals surface area contributed by atoms with Crippen molar-refractivity contribution < 1.29 is 9.53 Å². The zero-order valence-corrected chi connectivity index (χ0v) is 15.8. The summed E-state index contributed by atoms with van der Waals surface area (Å²) in [6.07, 6.45) is 0. The summed E-state index contributed by atoms with van der Waals surface area (Å²) in [5, 5.41) is 3.29. The summed E-state index contributed by atoms with van der Waals surface area (Å²) in [5.74, 6) is 1.02. The number of benzene rings is 2. The lowest BCUT2D eigenvalue weighted by Crippen LogP contribution is -2.50. The van der Waals surface area contributed by atoms with E-state index >= 15 is 0 Å². The van der Waals surface area contributed by atoms with E-state index in [0.29, 0.717) is 6.54 Å². The number of anilines is 2. The molecule has 1 amide bonds. The molecule has 1 fully saturated rings. The summed E-state index contributed by atoms with van der Waals surface area (Å²) in [6, 6.07) is 14.2. The average molecular weight is 353 g/mol. The molecule has 0 spiro atoms. The van der Waals surface area contributed by atoms with E-state index in [9.17, 15) is 4.79 Å². The molecule has 1 N–H and O–H groups in total. The number of aryl methyl sites for hydroxylation is 1. The van der Waals surface area contributed by atoms with Gasteiger partial charge in [0.25, 0.3) is 0 Å². The highest BCUT2D eigenvalue weighted by atomic mass is 16.5. The normalized spacial score (nSPS) is 14.3. The molecule has 0 aliphatic carbocycles. The van der Waals surface area contributed by atoms with Gasteiger partial charge in [-0.3, -0.25) is 4.79 Å². The van der Waals surface area contributed by atoms with Crippen molar-refractivity contribution in [1.29, 1.82) is 0 Å². The maximum Gasteiger partial charge on any atom is 0.241 e. The Morgan fingerprint density at radius 1 is 1.04 bits per heavy atom. The Hall–Kier alpha value is -2.69. The van der Waals surface area contributed by atoms with Gasteiger partial charge >= 0.3 is 0 Å². The number of ether oxygens (including phenoxy) is 1. The number of carbonyl (C=O) groups excluding carboxylic acids is 1. The van der Waals surface area contributed by atoms with Crippen LogP contribution in [0.25, 0.3) is 0 Å². The molecule has 138 valence electrons. The predicted molar refractivity (Wildman–Crippen MR) is 106 cm³/mol. The van der Waals surface area contributed by atoms with E-state index in [1.54, 1.807) is 7.11 Å². The van der Waals surface area contributed by atoms with Crippen LogP contribution in [-0.2, 0) is 4.79 Å². The Labute approximate surface area is 155 Å². The summed E-state index contributed by atoms with van der Waals surface area (Å²) in [4.78, 5) is 16.8. The second-order valence-electron chi connectivity index (χ2n) is 6.64. The van der Waals surface area contributed by atoms with Crippen LogP contribution < -0.4 is 15.0 Å². The molecule has 2 aromatic carbocycles. The molecule has 2 aromatic rings. The topological polar surface area (TPSA) is 44.8 Å². The monoisotopic (exact) mass is 353 g/mol. The molecule has 0 radical (unpaired) electrons. The second kappa shape index (κ2) is 8.13. The van der Waals surface area contributed by atoms with E-state index in [0.717, 1.165) is 43.3 Å². The Balaban J connectivity index is 1.54. The number of para-hydroxylation sites is 2. The first-order chi connectivity index (χ1) is 12.6. The molecule has 0 unspecified atom stereocenters. The number of hydrogen-bond donors (Lipinski definition) is 1. The van der Waals surface area contributed by atoms with Crippen LogP contribution in [0.2, 0.25) is 0 Å². The van der Waals surface area contributed by atoms with Crippen molar-refractivity contribution in [2.75, 3.05) is 50.1 Å². The summed E-state index contributed by atoms with van der Waals surface area (Å²) < 4.78 is 5.45. The molecule has 0 aromatic heterocycles. The molecule has 1 heterocycles. The molecule has 3 rings (SSSR count). The van der Waals surface area contributed by atoms with Crippen molar-refractivity contribution in [1.82, 2.24) is 4.90 Å². The number of hydrogen-bond acceptors (Lipinski definition) is 4. The Morgan fingerprint density at radius 3 is 2.50 bits per heavy atom. The quantitative estimate of drug-likeness (QED) is 0.897. The lowest BCUT2D eigenvalue weighted by Gasteiger charge is -2.36. The first-order valence-electron chi connectivity index (χ1n) is 9.06. The fourth-order valence-corrected chi connectivity index (χ4v) is 3.31. The van der Waals surface area contributed by atoms with Crippen molar-refractivity contribution in [2.45, 2.75) is 13.8 Å². The lowest BCUT2D eigenvalue weighted by atomic mass is 10.1. The van der Waals surface area contributed by atoms with Gasteiger partial charge in [0, 0.05) is 31.9 Å². The highest BCUT2D eigenvalue weighted by Gasteiger charge is 2.22. The number of nitrogens with one attached hydrogen (secondary N) is 1. The molecular formula is C21H27N3O2. The third kappa shape index (κ3) is 3.93. The van der Waals surface area contributed by atoms with E-state index in [4.69, 9.17) is 4.74 Å². The Bertz CT molecular complexity index is 768. The standard InChI is InChI=1S/C21H27N3O2/c1-16-7-6-8-18(17(16)2)22-15-21(25)24-13-11-23(12-14-24)19-9-4-5-10-20(19)26-3/h4-10,22H,11-15H2,1-3H3. The number of methoxy groups -OCH3 is 1. The van der Waals surface area contributed by atoms with Gasteiger partial charge in [0.1, 0.15) is 5.75 Å². The molecule has 1 aliphatic rings. The SMILES string of the molecule is COc1ccccc1N1CCN(C(=O)CNc2cccc(C)c2C)CC1. The van der Waals surface area contributed by atoms with Crippen LogP contribution in [0.5, 0.6) is 5.75 Å². The zero-order valence-electron chi connectivity index (χ0n) is 15.8. The van der Waals surface area contributed by atoms with E-state index in [1.165, 1.54) is 11.1 Å². The summed E-state index contributed by atoms with van der Waals surface area (Å²) in [7, 11) is 1.69. The largest absolute Gasteiger partial charge is 0.495 e. The first-order valence-corrected chi connectivity index (χ1v) is 9.06. The molecule has 5 nitrogen and oxygen atoms in total. The van der Waals surface area contributed by atoms with Crippen LogP contribution in [0.3, 0.4) is 0 Å². The number of rotatable bonds is 5. The molecule has 1 saturated heterocycles. The number of carbonyl (C=O) groups is 1. The van der Waals surface area contributed by atoms with Gasteiger partial charge in [0.2, 0.25) is 5.91 Å². The molecule has 5 heteroatoms. The highest BCUT2D eigenvalue weighted by Crippen LogP contribution is 2.28. The molecule has 26 heavy (non-hydrogen) atoms. The van der Waals surface area contributed by atoms with Crippen molar-refractivity contribution >= 4 is 17.3 Å². The van der Waals surface area contributed by atoms with Gasteiger partial charge in [-0.15, -0.1) is 0 Å². The third-order valence-corrected chi connectivity index (χ3v) is 5.09. The molecule has 1 aliphatic heterocycles. The number of piperazine rings is 1. The van der Waals surface area contributed by atoms with E-state index in [1.807, 2.05) is 35.2 Å². The van der Waals surface area contributed by atoms with E-state index in [2.05, 4.69) is 36.2 Å². The summed E-state index contributed by atoms with van der Waals surface area (Å²) in [5.41, 5.74) is 4.55. The average Bonchev–Trinajstić information content (AvgIpc) is 2.69. The Morgan fingerprint density at radius 2 is 1.77 bits per heavy atom. The van der Waals surface area contributed by atoms with Crippen molar-refractivity contribution in [3.8, 4) is 5.75 Å². The van der Waals surface area contributed by atoms with Crippen LogP contribution in [0, 0.1) is 13.8 Å². The van der Waals surface area contributed by atoms with Crippen LogP contribution in [0.4, 0.5) is 11.4 Å². The van der Waals surface area contributed by atoms with Crippen molar-refractivity contribution in [3.05, 3.63) is 53.6 Å². The number of nitrogens with zero attached hydrogens (tertiary/aromatic N) is 2. The van der Waals surface area contributed by atoms with Crippen molar-refractivity contribution in [3.63, 3.8) is 0 Å². The van der Waals surface area contributed by atoms with Gasteiger partial charge in [0.15, 0.2) is 0 Å². The lowest BCUT2D eigenvalue weighted by molar-refractivity contribution is -0.129. The van der Waals surface area contributed by atoms with Gasteiger partial charge in [0.05, 0.1) is 19.3 Å². The minimum absolute atomic E-state index is 0.144. The fourth-order valence-electron chi connectivity index (χ4n) is 3.31. The minimum Gasteiger partial charge on any atom is -0.495 e. The smallest absolute Gasteiger partial charge is 0.241 e. The molecule has 0 saturated carbocycles. The van der Waals surface area contributed by atoms with Crippen LogP contribution in [0.1, 0.15) is 11.1 Å². The van der Waals surface area contributed by atoms with Gasteiger partial charge in [-0.1, -0.05) is 24.3 Å². The highest BCUT2D eigenvalue weighted by molar-refractivity contribution is 5.81. The van der Waals surface area contributed by atoms with Gasteiger partial charge in [-0.25, -0.2) is 0 Å². The number of amides is 1. The van der Waals surface area contributed by atoms with Gasteiger partial charge in [-0.2, -0.15) is 0 Å². The third-order valence-electron chi connectivity index (χ3n) is 5.09. The summed E-state index contributed by atoms with van der Waals surface area (Å²) in [6.45, 7) is 7.58. The van der Waals surface area contributed by atoms with Crippen LogP contribution >= 0.6 is 0 Å². The zero-order chi connectivity index (χ0) is 18.5. The summed E-state index contributed by atoms with van der Waals surface area (Å²) >= 11 is 0.